The van der Waals surface area contributed by atoms with Gasteiger partial charge in [0.15, 0.2) is 5.13 Å². The molecule has 0 aliphatic heterocycles. The van der Waals surface area contributed by atoms with E-state index in [1.165, 1.54) is 18.4 Å². The zero-order valence-corrected chi connectivity index (χ0v) is 17.5. The van der Waals surface area contributed by atoms with Gasteiger partial charge in [-0.1, -0.05) is 59.9 Å². The molecule has 0 saturated heterocycles. The second-order valence-corrected chi connectivity index (χ2v) is 7.89. The van der Waals surface area contributed by atoms with Crippen molar-refractivity contribution in [2.75, 3.05) is 12.0 Å². The molecule has 0 bridgehead atoms. The first-order valence-electron chi connectivity index (χ1n) is 9.47. The molecule has 0 aliphatic rings. The van der Waals surface area contributed by atoms with E-state index in [1.54, 1.807) is 29.2 Å². The number of nitrogens with zero attached hydrogens (tertiary/aromatic N) is 2. The molecule has 0 saturated carbocycles. The van der Waals surface area contributed by atoms with Crippen LogP contribution in [0.2, 0.25) is 0 Å². The smallest absolute Gasteiger partial charge is 0.338 e. The summed E-state index contributed by atoms with van der Waals surface area (Å²) in [5.41, 5.74) is 3.47. The third-order valence-electron chi connectivity index (χ3n) is 4.76. The Morgan fingerprint density at radius 2 is 1.67 bits per heavy atom. The van der Waals surface area contributed by atoms with E-state index in [2.05, 4.69) is 6.07 Å². The van der Waals surface area contributed by atoms with E-state index in [-0.39, 0.29) is 17.0 Å². The van der Waals surface area contributed by atoms with Crippen molar-refractivity contribution in [3.8, 4) is 0 Å². The Morgan fingerprint density at radius 3 is 2.40 bits per heavy atom. The van der Waals surface area contributed by atoms with Crippen molar-refractivity contribution in [1.82, 2.24) is 4.98 Å². The number of fused-ring (bicyclic) bond motifs is 1. The van der Waals surface area contributed by atoms with Crippen LogP contribution in [0.15, 0.2) is 72.8 Å². The second kappa shape index (κ2) is 8.47. The van der Waals surface area contributed by atoms with E-state index in [0.717, 1.165) is 21.3 Å². The van der Waals surface area contributed by atoms with Gasteiger partial charge in [0.05, 0.1) is 35.0 Å². The molecule has 30 heavy (non-hydrogen) atoms. The molecular formula is C24H20N2O3S. The molecule has 0 atom stereocenters. The number of thiazole rings is 1. The topological polar surface area (TPSA) is 59.5 Å². The molecule has 4 aromatic rings. The van der Waals surface area contributed by atoms with E-state index < -0.39 is 5.97 Å². The molecule has 3 aromatic carbocycles. The summed E-state index contributed by atoms with van der Waals surface area (Å²) in [6.45, 7) is 2.37. The first-order chi connectivity index (χ1) is 14.6. The summed E-state index contributed by atoms with van der Waals surface area (Å²) in [4.78, 5) is 32.2. The standard InChI is InChI=1S/C24H20N2O3S/c1-16-12-13-20-21(14-16)30-24(25-20)26(15-17-8-4-3-5-9-17)22(27)18-10-6-7-11-19(18)23(28)29-2/h3-14H,15H2,1-2H3. The van der Waals surface area contributed by atoms with E-state index in [4.69, 9.17) is 9.72 Å². The third kappa shape index (κ3) is 3.95. The van der Waals surface area contributed by atoms with Crippen LogP contribution < -0.4 is 4.90 Å². The number of carbonyl (C=O) groups is 2. The van der Waals surface area contributed by atoms with Crippen molar-refractivity contribution in [2.45, 2.75) is 13.5 Å². The van der Waals surface area contributed by atoms with Gasteiger partial charge in [0.25, 0.3) is 5.91 Å². The molecule has 0 N–H and O–H groups in total. The van der Waals surface area contributed by atoms with Crippen LogP contribution in [-0.4, -0.2) is 24.0 Å². The average Bonchev–Trinajstić information content (AvgIpc) is 3.20. The van der Waals surface area contributed by atoms with Gasteiger partial charge in [0, 0.05) is 0 Å². The van der Waals surface area contributed by atoms with Gasteiger partial charge in [-0.25, -0.2) is 9.78 Å². The molecule has 1 heterocycles. The van der Waals surface area contributed by atoms with Crippen LogP contribution in [0, 0.1) is 6.92 Å². The van der Waals surface area contributed by atoms with Crippen molar-refractivity contribution < 1.29 is 14.3 Å². The molecular weight excluding hydrogens is 396 g/mol. The predicted octanol–water partition coefficient (Wildman–Crippen LogP) is 5.24. The van der Waals surface area contributed by atoms with Gasteiger partial charge in [0.1, 0.15) is 0 Å². The number of anilines is 1. The van der Waals surface area contributed by atoms with E-state index in [9.17, 15) is 9.59 Å². The molecule has 150 valence electrons. The minimum absolute atomic E-state index is 0.236. The molecule has 0 unspecified atom stereocenters. The van der Waals surface area contributed by atoms with Crippen LogP contribution in [-0.2, 0) is 11.3 Å². The molecule has 0 spiro atoms. The number of carbonyl (C=O) groups excluding carboxylic acids is 2. The van der Waals surface area contributed by atoms with Crippen LogP contribution >= 0.6 is 11.3 Å². The zero-order chi connectivity index (χ0) is 21.1. The molecule has 4 rings (SSSR count). The van der Waals surface area contributed by atoms with Gasteiger partial charge >= 0.3 is 5.97 Å². The largest absolute Gasteiger partial charge is 0.465 e. The lowest BCUT2D eigenvalue weighted by Crippen LogP contribution is -2.31. The van der Waals surface area contributed by atoms with Crippen LogP contribution in [0.25, 0.3) is 10.2 Å². The monoisotopic (exact) mass is 416 g/mol. The first-order valence-corrected chi connectivity index (χ1v) is 10.3. The maximum absolute atomic E-state index is 13.6. The first kappa shape index (κ1) is 19.8. The average molecular weight is 417 g/mol. The number of aryl methyl sites for hydroxylation is 1. The molecule has 0 fully saturated rings. The van der Waals surface area contributed by atoms with Crippen LogP contribution in [0.5, 0.6) is 0 Å². The van der Waals surface area contributed by atoms with Gasteiger partial charge in [-0.2, -0.15) is 0 Å². The fraction of sp³-hybridized carbons (Fsp3) is 0.125. The lowest BCUT2D eigenvalue weighted by atomic mass is 10.1. The normalized spacial score (nSPS) is 10.7. The fourth-order valence-electron chi connectivity index (χ4n) is 3.23. The van der Waals surface area contributed by atoms with Gasteiger partial charge in [-0.3, -0.25) is 9.69 Å². The summed E-state index contributed by atoms with van der Waals surface area (Å²) >= 11 is 1.46. The van der Waals surface area contributed by atoms with Crippen LogP contribution in [0.1, 0.15) is 31.8 Å². The van der Waals surface area contributed by atoms with E-state index in [1.807, 2.05) is 49.4 Å². The van der Waals surface area contributed by atoms with Gasteiger partial charge in [-0.15, -0.1) is 0 Å². The summed E-state index contributed by atoms with van der Waals surface area (Å²) in [5.74, 6) is -0.839. The fourth-order valence-corrected chi connectivity index (χ4v) is 4.29. The number of ether oxygens (including phenoxy) is 1. The van der Waals surface area contributed by atoms with Crippen molar-refractivity contribution in [3.05, 3.63) is 95.1 Å². The van der Waals surface area contributed by atoms with Crippen LogP contribution in [0.4, 0.5) is 5.13 Å². The third-order valence-corrected chi connectivity index (χ3v) is 5.80. The lowest BCUT2D eigenvalue weighted by molar-refractivity contribution is 0.0597. The number of methoxy groups -OCH3 is 1. The highest BCUT2D eigenvalue weighted by Crippen LogP contribution is 2.32. The molecule has 6 heteroatoms. The van der Waals surface area contributed by atoms with Gasteiger partial charge < -0.3 is 4.74 Å². The number of esters is 1. The Bertz CT molecular complexity index is 1220. The highest BCUT2D eigenvalue weighted by atomic mass is 32.1. The summed E-state index contributed by atoms with van der Waals surface area (Å²) in [5, 5.41) is 0.587. The number of benzene rings is 3. The minimum atomic E-state index is -0.543. The van der Waals surface area contributed by atoms with E-state index >= 15 is 0 Å². The highest BCUT2D eigenvalue weighted by Gasteiger charge is 2.26. The summed E-state index contributed by atoms with van der Waals surface area (Å²) in [7, 11) is 1.31. The van der Waals surface area contributed by atoms with Crippen molar-refractivity contribution in [1.29, 1.82) is 0 Å². The minimum Gasteiger partial charge on any atom is -0.465 e. The summed E-state index contributed by atoms with van der Waals surface area (Å²) in [6.07, 6.45) is 0. The van der Waals surface area contributed by atoms with Crippen molar-refractivity contribution in [3.63, 3.8) is 0 Å². The molecule has 1 amide bonds. The Hall–Kier alpha value is -3.51. The SMILES string of the molecule is COC(=O)c1ccccc1C(=O)N(Cc1ccccc1)c1nc2ccc(C)cc2s1. The second-order valence-electron chi connectivity index (χ2n) is 6.88. The summed E-state index contributed by atoms with van der Waals surface area (Å²) < 4.78 is 5.88. The number of rotatable bonds is 5. The Kier molecular flexibility index (Phi) is 5.59. The molecule has 0 aliphatic carbocycles. The maximum atomic E-state index is 13.6. The Labute approximate surface area is 178 Å². The zero-order valence-electron chi connectivity index (χ0n) is 16.7. The number of hydrogen-bond donors (Lipinski definition) is 0. The number of amides is 1. The number of aromatic nitrogens is 1. The van der Waals surface area contributed by atoms with Crippen molar-refractivity contribution in [2.24, 2.45) is 0 Å². The van der Waals surface area contributed by atoms with Crippen LogP contribution in [0.3, 0.4) is 0 Å². The van der Waals surface area contributed by atoms with Gasteiger partial charge in [-0.05, 0) is 42.3 Å². The Balaban J connectivity index is 1.81. The van der Waals surface area contributed by atoms with Crippen molar-refractivity contribution >= 4 is 38.6 Å². The highest BCUT2D eigenvalue weighted by molar-refractivity contribution is 7.22. The van der Waals surface area contributed by atoms with Gasteiger partial charge in [0.2, 0.25) is 0 Å². The quantitative estimate of drug-likeness (QED) is 0.418. The predicted molar refractivity (Wildman–Crippen MR) is 119 cm³/mol. The maximum Gasteiger partial charge on any atom is 0.338 e. The molecule has 1 aromatic heterocycles. The molecule has 0 radical (unpaired) electrons. The Morgan fingerprint density at radius 1 is 0.967 bits per heavy atom. The summed E-state index contributed by atoms with van der Waals surface area (Å²) in [6, 6.07) is 22.4. The lowest BCUT2D eigenvalue weighted by Gasteiger charge is -2.21. The molecule has 5 nitrogen and oxygen atoms in total. The number of hydrogen-bond acceptors (Lipinski definition) is 5. The van der Waals surface area contributed by atoms with E-state index in [0.29, 0.717) is 11.7 Å².